The number of hydrogen-bond donors (Lipinski definition) is 1. The van der Waals surface area contributed by atoms with E-state index in [-0.39, 0.29) is 5.54 Å². The van der Waals surface area contributed by atoms with Gasteiger partial charge in [0.15, 0.2) is 0 Å². The molecule has 1 aromatic rings. The normalized spacial score (nSPS) is 30.6. The van der Waals surface area contributed by atoms with E-state index in [1.54, 1.807) is 0 Å². The average molecular weight is 268 g/mol. The fourth-order valence-electron chi connectivity index (χ4n) is 3.39. The minimum absolute atomic E-state index is 0.278. The highest BCUT2D eigenvalue weighted by Crippen LogP contribution is 2.42. The summed E-state index contributed by atoms with van der Waals surface area (Å²) in [5.41, 5.74) is 1.68. The van der Waals surface area contributed by atoms with Crippen molar-refractivity contribution in [3.05, 3.63) is 35.9 Å². The summed E-state index contributed by atoms with van der Waals surface area (Å²) in [6, 6.07) is 11.3. The van der Waals surface area contributed by atoms with E-state index in [9.17, 15) is 0 Å². The molecule has 2 fully saturated rings. The van der Waals surface area contributed by atoms with Crippen LogP contribution >= 0.6 is 0 Å². The number of nitrogens with one attached hydrogen (secondary N) is 1. The van der Waals surface area contributed by atoms with Crippen molar-refractivity contribution in [3.8, 4) is 11.8 Å². The third kappa shape index (κ3) is 2.75. The lowest BCUT2D eigenvalue weighted by molar-refractivity contribution is 0.0871. The molecule has 2 heteroatoms. The van der Waals surface area contributed by atoms with E-state index in [1.807, 2.05) is 6.92 Å². The van der Waals surface area contributed by atoms with Gasteiger partial charge in [-0.3, -0.25) is 4.90 Å². The fraction of sp³-hybridized carbons (Fsp3) is 0.556. The van der Waals surface area contributed by atoms with Gasteiger partial charge in [-0.1, -0.05) is 36.3 Å². The number of nitrogens with zero attached hydrogens (tertiary/aromatic N) is 1. The van der Waals surface area contributed by atoms with Crippen molar-refractivity contribution in [1.29, 1.82) is 0 Å². The lowest BCUT2D eigenvalue weighted by Crippen LogP contribution is -2.61. The Morgan fingerprint density at radius 1 is 1.30 bits per heavy atom. The molecule has 106 valence electrons. The first-order chi connectivity index (χ1) is 9.73. The molecule has 1 aliphatic carbocycles. The van der Waals surface area contributed by atoms with E-state index < -0.39 is 0 Å². The molecule has 2 aliphatic rings. The Balaban J connectivity index is 1.80. The first-order valence-corrected chi connectivity index (χ1v) is 7.66. The summed E-state index contributed by atoms with van der Waals surface area (Å²) in [7, 11) is 0. The van der Waals surface area contributed by atoms with Gasteiger partial charge in [0.25, 0.3) is 0 Å². The quantitative estimate of drug-likeness (QED) is 0.848. The van der Waals surface area contributed by atoms with E-state index in [0.29, 0.717) is 6.04 Å². The monoisotopic (exact) mass is 268 g/mol. The third-order valence-electron chi connectivity index (χ3n) is 4.79. The molecule has 1 aliphatic heterocycles. The molecule has 1 aromatic carbocycles. The van der Waals surface area contributed by atoms with E-state index in [4.69, 9.17) is 0 Å². The predicted molar refractivity (Wildman–Crippen MR) is 83.3 cm³/mol. The van der Waals surface area contributed by atoms with Gasteiger partial charge in [-0.2, -0.15) is 0 Å². The topological polar surface area (TPSA) is 15.3 Å². The molecule has 0 radical (unpaired) electrons. The number of hydrogen-bond acceptors (Lipinski definition) is 2. The zero-order valence-corrected chi connectivity index (χ0v) is 12.5. The van der Waals surface area contributed by atoms with Crippen LogP contribution in [-0.2, 0) is 0 Å². The van der Waals surface area contributed by atoms with Gasteiger partial charge in [0.1, 0.15) is 0 Å². The number of benzene rings is 1. The number of rotatable bonds is 3. The maximum Gasteiger partial charge on any atom is 0.0608 e. The Bertz CT molecular complexity index is 509. The summed E-state index contributed by atoms with van der Waals surface area (Å²) in [6.07, 6.45) is 2.76. The van der Waals surface area contributed by atoms with Gasteiger partial charge in [0, 0.05) is 24.7 Å². The standard InChI is InChI=1S/C18H24N2/c1-3-4-12-20-14-18(2,16-10-11-16)19-13-17(20)15-8-6-5-7-9-15/h5-9,16-17,19H,10-14H2,1-2H3. The van der Waals surface area contributed by atoms with E-state index in [2.05, 4.69) is 59.3 Å². The van der Waals surface area contributed by atoms with Gasteiger partial charge in [-0.15, -0.1) is 5.92 Å². The highest BCUT2D eigenvalue weighted by molar-refractivity contribution is 5.22. The van der Waals surface area contributed by atoms with Crippen LogP contribution in [0.25, 0.3) is 0 Å². The van der Waals surface area contributed by atoms with Crippen LogP contribution in [0.5, 0.6) is 0 Å². The zero-order valence-electron chi connectivity index (χ0n) is 12.5. The van der Waals surface area contributed by atoms with E-state index in [0.717, 1.165) is 25.6 Å². The summed E-state index contributed by atoms with van der Waals surface area (Å²) in [4.78, 5) is 2.56. The second-order valence-electron chi connectivity index (χ2n) is 6.33. The molecule has 20 heavy (non-hydrogen) atoms. The predicted octanol–water partition coefficient (Wildman–Crippen LogP) is 2.82. The van der Waals surface area contributed by atoms with Gasteiger partial charge >= 0.3 is 0 Å². The third-order valence-corrected chi connectivity index (χ3v) is 4.79. The molecule has 2 atom stereocenters. The van der Waals surface area contributed by atoms with Crippen molar-refractivity contribution in [1.82, 2.24) is 10.2 Å². The van der Waals surface area contributed by atoms with E-state index in [1.165, 1.54) is 18.4 Å². The van der Waals surface area contributed by atoms with Gasteiger partial charge in [0.05, 0.1) is 6.54 Å². The van der Waals surface area contributed by atoms with Gasteiger partial charge in [-0.05, 0) is 38.2 Å². The maximum atomic E-state index is 3.82. The Labute approximate surface area is 122 Å². The molecule has 1 heterocycles. The first-order valence-electron chi connectivity index (χ1n) is 7.66. The summed E-state index contributed by atoms with van der Waals surface area (Å²) >= 11 is 0. The Morgan fingerprint density at radius 2 is 2.05 bits per heavy atom. The maximum absolute atomic E-state index is 3.82. The molecule has 2 nitrogen and oxygen atoms in total. The first kappa shape index (κ1) is 13.7. The lowest BCUT2D eigenvalue weighted by Gasteiger charge is -2.46. The second kappa shape index (κ2) is 5.60. The van der Waals surface area contributed by atoms with Crippen LogP contribution in [0.3, 0.4) is 0 Å². The van der Waals surface area contributed by atoms with Crippen molar-refractivity contribution in [2.75, 3.05) is 19.6 Å². The summed E-state index contributed by atoms with van der Waals surface area (Å²) in [5, 5.41) is 3.82. The molecule has 0 aromatic heterocycles. The largest absolute Gasteiger partial charge is 0.308 e. The SMILES string of the molecule is CC#CCN1CC(C)(C2CC2)NCC1c1ccccc1. The van der Waals surface area contributed by atoms with Gasteiger partial charge < -0.3 is 5.32 Å². The van der Waals surface area contributed by atoms with Crippen LogP contribution in [-0.4, -0.2) is 30.1 Å². The molecule has 3 rings (SSSR count). The minimum atomic E-state index is 0.278. The molecule has 0 amide bonds. The zero-order chi connectivity index (χ0) is 14.0. The van der Waals surface area contributed by atoms with Gasteiger partial charge in [-0.25, -0.2) is 0 Å². The smallest absolute Gasteiger partial charge is 0.0608 e. The molecule has 0 spiro atoms. The molecular weight excluding hydrogens is 244 g/mol. The summed E-state index contributed by atoms with van der Waals surface area (Å²) in [5.74, 6) is 7.17. The molecule has 2 unspecified atom stereocenters. The molecule has 1 saturated carbocycles. The van der Waals surface area contributed by atoms with Gasteiger partial charge in [0.2, 0.25) is 0 Å². The summed E-state index contributed by atoms with van der Waals surface area (Å²) in [6.45, 7) is 7.33. The molecule has 1 saturated heterocycles. The summed E-state index contributed by atoms with van der Waals surface area (Å²) < 4.78 is 0. The van der Waals surface area contributed by atoms with Crippen molar-refractivity contribution in [3.63, 3.8) is 0 Å². The number of piperazine rings is 1. The fourth-order valence-corrected chi connectivity index (χ4v) is 3.39. The molecular formula is C18H24N2. The van der Waals surface area contributed by atoms with E-state index >= 15 is 0 Å². The van der Waals surface area contributed by atoms with Crippen LogP contribution in [0.1, 0.15) is 38.3 Å². The van der Waals surface area contributed by atoms with Crippen molar-refractivity contribution in [2.24, 2.45) is 5.92 Å². The van der Waals surface area contributed by atoms with Crippen molar-refractivity contribution >= 4 is 0 Å². The van der Waals surface area contributed by atoms with Crippen molar-refractivity contribution in [2.45, 2.75) is 38.3 Å². The van der Waals surface area contributed by atoms with Crippen LogP contribution in [0.15, 0.2) is 30.3 Å². The van der Waals surface area contributed by atoms with Crippen LogP contribution in [0.2, 0.25) is 0 Å². The average Bonchev–Trinajstić information content (AvgIpc) is 3.31. The highest BCUT2D eigenvalue weighted by Gasteiger charge is 2.45. The molecule has 1 N–H and O–H groups in total. The lowest BCUT2D eigenvalue weighted by atomic mass is 9.89. The van der Waals surface area contributed by atoms with Crippen LogP contribution < -0.4 is 5.32 Å². The second-order valence-corrected chi connectivity index (χ2v) is 6.33. The Hall–Kier alpha value is -1.30. The van der Waals surface area contributed by atoms with Crippen LogP contribution in [0, 0.1) is 17.8 Å². The van der Waals surface area contributed by atoms with Crippen molar-refractivity contribution < 1.29 is 0 Å². The molecule has 0 bridgehead atoms. The minimum Gasteiger partial charge on any atom is -0.308 e. The Kier molecular flexibility index (Phi) is 3.83. The van der Waals surface area contributed by atoms with Crippen LogP contribution in [0.4, 0.5) is 0 Å². The Morgan fingerprint density at radius 3 is 2.70 bits per heavy atom. The highest BCUT2D eigenvalue weighted by atomic mass is 15.3.